The monoisotopic (exact) mass is 368 g/mol. The molecule has 26 heavy (non-hydrogen) atoms. The molecule has 3 N–H and O–H groups in total. The summed E-state index contributed by atoms with van der Waals surface area (Å²) >= 11 is 4.92. The zero-order valence-electron chi connectivity index (χ0n) is 13.7. The van der Waals surface area contributed by atoms with E-state index in [-0.39, 0.29) is 18.1 Å². The molecular formula is C19H16N2O4S. The zero-order chi connectivity index (χ0) is 18.5. The molecule has 0 aliphatic carbocycles. The highest BCUT2D eigenvalue weighted by Gasteiger charge is 2.17. The number of carbonyl (C=O) groups excluding carboxylic acids is 1. The van der Waals surface area contributed by atoms with E-state index in [9.17, 15) is 9.59 Å². The van der Waals surface area contributed by atoms with Crippen LogP contribution in [0.2, 0.25) is 0 Å². The minimum absolute atomic E-state index is 0.229. The molecule has 132 valence electrons. The van der Waals surface area contributed by atoms with Crippen molar-refractivity contribution in [2.75, 3.05) is 6.54 Å². The van der Waals surface area contributed by atoms with Gasteiger partial charge in [0.1, 0.15) is 12.4 Å². The van der Waals surface area contributed by atoms with E-state index in [1.54, 1.807) is 18.2 Å². The molecule has 7 heteroatoms. The highest BCUT2D eigenvalue weighted by atomic mass is 32.1. The van der Waals surface area contributed by atoms with Gasteiger partial charge < -0.3 is 15.2 Å². The van der Waals surface area contributed by atoms with Gasteiger partial charge in [-0.2, -0.15) is 0 Å². The molecule has 6 nitrogen and oxygen atoms in total. The number of benzene rings is 2. The summed E-state index contributed by atoms with van der Waals surface area (Å²) in [6.45, 7) is 0.643. The van der Waals surface area contributed by atoms with Crippen molar-refractivity contribution in [3.05, 3.63) is 70.8 Å². The molecule has 1 aliphatic rings. The fourth-order valence-corrected chi connectivity index (χ4v) is 2.59. The number of carbonyl (C=O) groups is 2. The first-order chi connectivity index (χ1) is 12.5. The molecular weight excluding hydrogens is 352 g/mol. The molecule has 0 spiro atoms. The highest BCUT2D eigenvalue weighted by molar-refractivity contribution is 7.80. The van der Waals surface area contributed by atoms with Crippen molar-refractivity contribution < 1.29 is 19.4 Å². The SMILES string of the molecule is O=C1NC(=S)NC/C1=C\c1ccccc1OCc1ccc(C(=O)O)cc1. The quantitative estimate of drug-likeness (QED) is 0.555. The van der Waals surface area contributed by atoms with E-state index in [4.69, 9.17) is 22.1 Å². The number of ether oxygens (including phenoxy) is 1. The Bertz CT molecular complexity index is 891. The molecule has 1 fully saturated rings. The van der Waals surface area contributed by atoms with Crippen LogP contribution in [0.15, 0.2) is 54.1 Å². The predicted molar refractivity (Wildman–Crippen MR) is 101 cm³/mol. The molecule has 1 saturated heterocycles. The predicted octanol–water partition coefficient (Wildman–Crippen LogP) is 2.35. The molecule has 2 aromatic rings. The van der Waals surface area contributed by atoms with Crippen molar-refractivity contribution in [1.29, 1.82) is 0 Å². The summed E-state index contributed by atoms with van der Waals surface area (Å²) in [4.78, 5) is 22.9. The van der Waals surface area contributed by atoms with Crippen LogP contribution < -0.4 is 15.4 Å². The number of hydrogen-bond donors (Lipinski definition) is 3. The summed E-state index contributed by atoms with van der Waals surface area (Å²) in [6, 6.07) is 13.9. The van der Waals surface area contributed by atoms with Crippen molar-refractivity contribution in [3.8, 4) is 5.75 Å². The summed E-state index contributed by atoms with van der Waals surface area (Å²) in [7, 11) is 0. The Kier molecular flexibility index (Phi) is 5.28. The highest BCUT2D eigenvalue weighted by Crippen LogP contribution is 2.22. The maximum Gasteiger partial charge on any atom is 0.335 e. The van der Waals surface area contributed by atoms with Crippen molar-refractivity contribution in [3.63, 3.8) is 0 Å². The number of carboxylic acid groups (broad SMARTS) is 1. The van der Waals surface area contributed by atoms with Gasteiger partial charge in [-0.15, -0.1) is 0 Å². The first kappa shape index (κ1) is 17.6. The van der Waals surface area contributed by atoms with Crippen LogP contribution in [0.4, 0.5) is 0 Å². The van der Waals surface area contributed by atoms with Crippen molar-refractivity contribution >= 4 is 35.3 Å². The van der Waals surface area contributed by atoms with Crippen LogP contribution in [0.3, 0.4) is 0 Å². The lowest BCUT2D eigenvalue weighted by molar-refractivity contribution is -0.116. The third-order valence-corrected chi connectivity index (χ3v) is 4.05. The fourth-order valence-electron chi connectivity index (χ4n) is 2.42. The number of thiocarbonyl (C=S) groups is 1. The van der Waals surface area contributed by atoms with E-state index in [1.807, 2.05) is 24.3 Å². The van der Waals surface area contributed by atoms with E-state index >= 15 is 0 Å². The third-order valence-electron chi connectivity index (χ3n) is 3.80. The largest absolute Gasteiger partial charge is 0.488 e. The Hall–Kier alpha value is -3.19. The molecule has 2 aromatic carbocycles. The van der Waals surface area contributed by atoms with Crippen LogP contribution in [0.25, 0.3) is 6.08 Å². The van der Waals surface area contributed by atoms with Crippen LogP contribution in [0.5, 0.6) is 5.75 Å². The second-order valence-corrected chi connectivity index (χ2v) is 6.04. The van der Waals surface area contributed by atoms with E-state index in [2.05, 4.69) is 10.6 Å². The van der Waals surface area contributed by atoms with Gasteiger partial charge in [-0.3, -0.25) is 10.1 Å². The van der Waals surface area contributed by atoms with Crippen LogP contribution >= 0.6 is 12.2 Å². The van der Waals surface area contributed by atoms with Crippen LogP contribution in [0, 0.1) is 0 Å². The van der Waals surface area contributed by atoms with Crippen molar-refractivity contribution in [2.45, 2.75) is 6.61 Å². The van der Waals surface area contributed by atoms with Gasteiger partial charge >= 0.3 is 5.97 Å². The normalized spacial score (nSPS) is 15.3. The van der Waals surface area contributed by atoms with Gasteiger partial charge in [0, 0.05) is 17.7 Å². The number of para-hydroxylation sites is 1. The van der Waals surface area contributed by atoms with E-state index < -0.39 is 5.97 Å². The Morgan fingerprint density at radius 1 is 1.19 bits per heavy atom. The van der Waals surface area contributed by atoms with Gasteiger partial charge in [-0.05, 0) is 42.1 Å². The Balaban J connectivity index is 1.74. The summed E-state index contributed by atoms with van der Waals surface area (Å²) in [5, 5.41) is 14.7. The minimum atomic E-state index is -0.965. The van der Waals surface area contributed by atoms with Crippen LogP contribution in [-0.4, -0.2) is 28.6 Å². The molecule has 1 heterocycles. The number of carboxylic acids is 1. The molecule has 0 radical (unpaired) electrons. The standard InChI is InChI=1S/C19H16N2O4S/c22-17-15(10-20-19(26)21-17)9-14-3-1-2-4-16(14)25-11-12-5-7-13(8-6-12)18(23)24/h1-9H,10-11H2,(H,23,24)(H2,20,21,22,26)/b15-9+. The van der Waals surface area contributed by atoms with Gasteiger partial charge in [0.25, 0.3) is 5.91 Å². The smallest absolute Gasteiger partial charge is 0.335 e. The molecule has 1 aliphatic heterocycles. The number of nitrogens with one attached hydrogen (secondary N) is 2. The molecule has 1 amide bonds. The second-order valence-electron chi connectivity index (χ2n) is 5.63. The van der Waals surface area contributed by atoms with E-state index in [0.717, 1.165) is 11.1 Å². The number of amides is 1. The molecule has 0 bridgehead atoms. The van der Waals surface area contributed by atoms with E-state index in [1.165, 1.54) is 12.1 Å². The molecule has 0 atom stereocenters. The van der Waals surface area contributed by atoms with Crippen LogP contribution in [-0.2, 0) is 11.4 Å². The lowest BCUT2D eigenvalue weighted by atomic mass is 10.1. The van der Waals surface area contributed by atoms with Gasteiger partial charge in [0.05, 0.1) is 5.56 Å². The summed E-state index contributed by atoms with van der Waals surface area (Å²) in [5.74, 6) is -0.565. The molecule has 0 unspecified atom stereocenters. The number of rotatable bonds is 5. The first-order valence-corrected chi connectivity index (χ1v) is 8.27. The third kappa shape index (κ3) is 4.25. The summed E-state index contributed by atoms with van der Waals surface area (Å²) in [6.07, 6.45) is 1.76. The number of aromatic carboxylic acids is 1. The minimum Gasteiger partial charge on any atom is -0.488 e. The van der Waals surface area contributed by atoms with Gasteiger partial charge in [0.2, 0.25) is 0 Å². The van der Waals surface area contributed by atoms with Gasteiger partial charge in [-0.25, -0.2) is 4.79 Å². The zero-order valence-corrected chi connectivity index (χ0v) is 14.5. The number of hydrogen-bond acceptors (Lipinski definition) is 4. The second kappa shape index (κ2) is 7.79. The van der Waals surface area contributed by atoms with Gasteiger partial charge in [0.15, 0.2) is 5.11 Å². The molecule has 0 aromatic heterocycles. The topological polar surface area (TPSA) is 87.7 Å². The Morgan fingerprint density at radius 3 is 2.62 bits per heavy atom. The Morgan fingerprint density at radius 2 is 1.92 bits per heavy atom. The fraction of sp³-hybridized carbons (Fsp3) is 0.105. The van der Waals surface area contributed by atoms with E-state index in [0.29, 0.717) is 23.0 Å². The van der Waals surface area contributed by atoms with Crippen molar-refractivity contribution in [1.82, 2.24) is 10.6 Å². The summed E-state index contributed by atoms with van der Waals surface area (Å²) < 4.78 is 5.85. The molecule has 0 saturated carbocycles. The maximum atomic E-state index is 12.0. The average Bonchev–Trinajstić information content (AvgIpc) is 2.63. The first-order valence-electron chi connectivity index (χ1n) is 7.87. The Labute approximate surface area is 155 Å². The average molecular weight is 368 g/mol. The van der Waals surface area contributed by atoms with Gasteiger partial charge in [-0.1, -0.05) is 30.3 Å². The maximum absolute atomic E-state index is 12.0. The lowest BCUT2D eigenvalue weighted by Gasteiger charge is -2.18. The summed E-state index contributed by atoms with van der Waals surface area (Å²) in [5.41, 5.74) is 2.40. The lowest BCUT2D eigenvalue weighted by Crippen LogP contribution is -2.47. The van der Waals surface area contributed by atoms with Crippen molar-refractivity contribution in [2.24, 2.45) is 0 Å². The molecule has 3 rings (SSSR count). The van der Waals surface area contributed by atoms with Crippen LogP contribution in [0.1, 0.15) is 21.5 Å².